The van der Waals surface area contributed by atoms with E-state index in [2.05, 4.69) is 0 Å². The number of hydrogen-bond donors (Lipinski definition) is 0. The van der Waals surface area contributed by atoms with E-state index in [0.717, 1.165) is 30.4 Å². The molecule has 0 spiro atoms. The average molecular weight is 437 g/mol. The van der Waals surface area contributed by atoms with Crippen molar-refractivity contribution in [2.45, 2.75) is 19.3 Å². The summed E-state index contributed by atoms with van der Waals surface area (Å²) in [5, 5.41) is 0. The van der Waals surface area contributed by atoms with Crippen LogP contribution in [0.2, 0.25) is 0 Å². The second-order valence-electron chi connectivity index (χ2n) is 9.23. The zero-order valence-corrected chi connectivity index (χ0v) is 18.0. The molecule has 3 aromatic carbocycles. The van der Waals surface area contributed by atoms with Crippen LogP contribution in [0.25, 0.3) is 11.1 Å². The molecule has 0 radical (unpaired) electrons. The van der Waals surface area contributed by atoms with Gasteiger partial charge in [0.05, 0.1) is 23.1 Å². The number of benzene rings is 3. The van der Waals surface area contributed by atoms with Crippen LogP contribution in [0.5, 0.6) is 5.75 Å². The summed E-state index contributed by atoms with van der Waals surface area (Å²) >= 11 is 0. The largest absolute Gasteiger partial charge is 0.423 e. The molecule has 0 unspecified atom stereocenters. The minimum atomic E-state index is -0.524. The number of ether oxygens (including phenoxy) is 1. The second kappa shape index (κ2) is 7.69. The van der Waals surface area contributed by atoms with Crippen molar-refractivity contribution in [2.24, 2.45) is 23.7 Å². The zero-order chi connectivity index (χ0) is 22.5. The van der Waals surface area contributed by atoms with E-state index in [9.17, 15) is 14.4 Å². The molecule has 4 atom stereocenters. The number of fused-ring (bicyclic) bond motifs is 5. The van der Waals surface area contributed by atoms with E-state index in [1.165, 1.54) is 4.90 Å². The Labute approximate surface area is 192 Å². The normalized spacial score (nSPS) is 25.4. The standard InChI is InChI=1S/C28H23NO4/c30-26-24-19-9-10-20(15-19)25(24)27(31)29(26)22-8-4-7-21(16-22)28(32)33-23-13-11-18(12-14-23)17-5-2-1-3-6-17/h1-8,11-14,16,19-20,24-25H,9-10,15H2/t19-,20+,24-,25+. The van der Waals surface area contributed by atoms with E-state index >= 15 is 0 Å². The molecule has 2 amide bonds. The third-order valence-corrected chi connectivity index (χ3v) is 7.44. The summed E-state index contributed by atoms with van der Waals surface area (Å²) in [5.74, 6) is -0.0292. The Kier molecular flexibility index (Phi) is 4.64. The van der Waals surface area contributed by atoms with Gasteiger partial charge in [0.25, 0.3) is 0 Å². The number of carbonyl (C=O) groups excluding carboxylic acids is 3. The minimum Gasteiger partial charge on any atom is -0.423 e. The Hall–Kier alpha value is -3.73. The van der Waals surface area contributed by atoms with E-state index in [0.29, 0.717) is 28.8 Å². The smallest absolute Gasteiger partial charge is 0.343 e. The molecule has 2 saturated carbocycles. The van der Waals surface area contributed by atoms with Gasteiger partial charge in [-0.1, -0.05) is 48.5 Å². The van der Waals surface area contributed by atoms with Gasteiger partial charge in [0.1, 0.15) is 5.75 Å². The molecule has 5 nitrogen and oxygen atoms in total. The van der Waals surface area contributed by atoms with E-state index in [4.69, 9.17) is 4.74 Å². The van der Waals surface area contributed by atoms with E-state index in [-0.39, 0.29) is 23.7 Å². The van der Waals surface area contributed by atoms with Crippen LogP contribution in [0.1, 0.15) is 29.6 Å². The lowest BCUT2D eigenvalue weighted by Crippen LogP contribution is -2.32. The topological polar surface area (TPSA) is 63.7 Å². The Morgan fingerprint density at radius 2 is 1.39 bits per heavy atom. The fourth-order valence-electron chi connectivity index (χ4n) is 5.95. The van der Waals surface area contributed by atoms with E-state index in [1.807, 2.05) is 42.5 Å². The monoisotopic (exact) mass is 437 g/mol. The summed E-state index contributed by atoms with van der Waals surface area (Å²) in [4.78, 5) is 40.3. The van der Waals surface area contributed by atoms with Gasteiger partial charge in [0.15, 0.2) is 0 Å². The molecule has 6 rings (SSSR count). The van der Waals surface area contributed by atoms with Crippen LogP contribution >= 0.6 is 0 Å². The van der Waals surface area contributed by atoms with Crippen molar-refractivity contribution in [3.05, 3.63) is 84.4 Å². The molecule has 33 heavy (non-hydrogen) atoms. The van der Waals surface area contributed by atoms with Gasteiger partial charge in [-0.25, -0.2) is 4.79 Å². The number of esters is 1. The lowest BCUT2D eigenvalue weighted by Gasteiger charge is -2.19. The van der Waals surface area contributed by atoms with Crippen molar-refractivity contribution in [1.82, 2.24) is 0 Å². The highest BCUT2D eigenvalue weighted by Gasteiger charge is 2.61. The summed E-state index contributed by atoms with van der Waals surface area (Å²) in [6.45, 7) is 0. The summed E-state index contributed by atoms with van der Waals surface area (Å²) in [7, 11) is 0. The van der Waals surface area contributed by atoms with Gasteiger partial charge in [-0.3, -0.25) is 14.5 Å². The van der Waals surface area contributed by atoms with Gasteiger partial charge < -0.3 is 4.74 Å². The Morgan fingerprint density at radius 1 is 0.758 bits per heavy atom. The fraction of sp³-hybridized carbons (Fsp3) is 0.250. The van der Waals surface area contributed by atoms with Crippen molar-refractivity contribution in [3.8, 4) is 16.9 Å². The lowest BCUT2D eigenvalue weighted by molar-refractivity contribution is -0.123. The molecule has 1 heterocycles. The average Bonchev–Trinajstić information content (AvgIpc) is 3.54. The Balaban J connectivity index is 1.20. The van der Waals surface area contributed by atoms with Crippen LogP contribution in [0.3, 0.4) is 0 Å². The molecular weight excluding hydrogens is 414 g/mol. The third-order valence-electron chi connectivity index (χ3n) is 7.44. The van der Waals surface area contributed by atoms with Gasteiger partial charge in [-0.05, 0) is 72.6 Å². The number of anilines is 1. The Morgan fingerprint density at radius 3 is 2.06 bits per heavy atom. The van der Waals surface area contributed by atoms with Gasteiger partial charge in [0.2, 0.25) is 11.8 Å². The van der Waals surface area contributed by atoms with Gasteiger partial charge in [0, 0.05) is 0 Å². The molecule has 0 N–H and O–H groups in total. The molecular formula is C28H23NO4. The van der Waals surface area contributed by atoms with Gasteiger partial charge in [-0.2, -0.15) is 0 Å². The molecule has 3 aromatic rings. The van der Waals surface area contributed by atoms with Crippen LogP contribution in [0, 0.1) is 23.7 Å². The molecule has 1 aliphatic heterocycles. The summed E-state index contributed by atoms with van der Waals surface area (Å²) in [5.41, 5.74) is 2.87. The first-order chi connectivity index (χ1) is 16.1. The molecule has 164 valence electrons. The lowest BCUT2D eigenvalue weighted by atomic mass is 9.81. The molecule has 1 saturated heterocycles. The summed E-state index contributed by atoms with van der Waals surface area (Å²) in [6.07, 6.45) is 3.07. The van der Waals surface area contributed by atoms with Crippen LogP contribution in [0.4, 0.5) is 5.69 Å². The first-order valence-corrected chi connectivity index (χ1v) is 11.5. The predicted molar refractivity (Wildman–Crippen MR) is 124 cm³/mol. The van der Waals surface area contributed by atoms with Crippen molar-refractivity contribution in [3.63, 3.8) is 0 Å². The van der Waals surface area contributed by atoms with Crippen LogP contribution in [-0.4, -0.2) is 17.8 Å². The molecule has 2 aliphatic carbocycles. The zero-order valence-electron chi connectivity index (χ0n) is 18.0. The van der Waals surface area contributed by atoms with Crippen molar-refractivity contribution >= 4 is 23.5 Å². The number of amides is 2. The number of imide groups is 1. The number of hydrogen-bond acceptors (Lipinski definition) is 4. The van der Waals surface area contributed by atoms with Gasteiger partial charge in [-0.15, -0.1) is 0 Å². The summed E-state index contributed by atoms with van der Waals surface area (Å²) < 4.78 is 5.55. The first-order valence-electron chi connectivity index (χ1n) is 11.5. The molecule has 0 aromatic heterocycles. The van der Waals surface area contributed by atoms with E-state index in [1.54, 1.807) is 36.4 Å². The highest BCUT2D eigenvalue weighted by Crippen LogP contribution is 2.56. The first kappa shape index (κ1) is 19.9. The molecule has 3 aliphatic rings. The second-order valence-corrected chi connectivity index (χ2v) is 9.23. The highest BCUT2D eigenvalue weighted by molar-refractivity contribution is 6.22. The van der Waals surface area contributed by atoms with Crippen molar-refractivity contribution in [2.75, 3.05) is 4.90 Å². The SMILES string of the molecule is O=C(Oc1ccc(-c2ccccc2)cc1)c1cccc(N2C(=O)[C@@H]3[C@@H]4CC[C@@H](C4)[C@@H]3C2=O)c1. The van der Waals surface area contributed by atoms with Crippen molar-refractivity contribution < 1.29 is 19.1 Å². The highest BCUT2D eigenvalue weighted by atomic mass is 16.5. The Bertz CT molecular complexity index is 1220. The number of carbonyl (C=O) groups is 3. The maximum Gasteiger partial charge on any atom is 0.343 e. The van der Waals surface area contributed by atoms with E-state index < -0.39 is 5.97 Å². The summed E-state index contributed by atoms with van der Waals surface area (Å²) in [6, 6.07) is 23.9. The molecule has 2 bridgehead atoms. The quantitative estimate of drug-likeness (QED) is 0.323. The third kappa shape index (κ3) is 3.27. The maximum atomic E-state index is 13.1. The minimum absolute atomic E-state index is 0.112. The fourth-order valence-corrected chi connectivity index (χ4v) is 5.95. The van der Waals surface area contributed by atoms with Crippen LogP contribution in [0.15, 0.2) is 78.9 Å². The van der Waals surface area contributed by atoms with Crippen LogP contribution < -0.4 is 9.64 Å². The van der Waals surface area contributed by atoms with Crippen LogP contribution in [-0.2, 0) is 9.59 Å². The maximum absolute atomic E-state index is 13.1. The van der Waals surface area contributed by atoms with Crippen molar-refractivity contribution in [1.29, 1.82) is 0 Å². The molecule has 5 heteroatoms. The predicted octanol–water partition coefficient (Wildman–Crippen LogP) is 5.11. The number of rotatable bonds is 4. The number of nitrogens with zero attached hydrogens (tertiary/aromatic N) is 1. The molecule has 3 fully saturated rings. The van der Waals surface area contributed by atoms with Gasteiger partial charge >= 0.3 is 5.97 Å².